The smallest absolute Gasteiger partial charge is 0.407 e. The van der Waals surface area contributed by atoms with Crippen LogP contribution in [-0.2, 0) is 16.6 Å². The van der Waals surface area contributed by atoms with Gasteiger partial charge in [-0.25, -0.2) is 4.79 Å². The Hall–Kier alpha value is -4.57. The van der Waals surface area contributed by atoms with Gasteiger partial charge in [-0.1, -0.05) is 43.0 Å². The van der Waals surface area contributed by atoms with E-state index in [2.05, 4.69) is 34.2 Å². The molecule has 0 aliphatic carbocycles. The second-order valence-corrected chi connectivity index (χ2v) is 10.2. The van der Waals surface area contributed by atoms with Gasteiger partial charge in [-0.2, -0.15) is 5.10 Å². The van der Waals surface area contributed by atoms with Crippen molar-refractivity contribution in [2.75, 3.05) is 23.8 Å². The molecule has 3 aromatic rings. The summed E-state index contributed by atoms with van der Waals surface area (Å²) >= 11 is 5.73. The first-order chi connectivity index (χ1) is 18.8. The number of ether oxygens (including phenoxy) is 2. The summed E-state index contributed by atoms with van der Waals surface area (Å²) in [5.41, 5.74) is 1.86. The highest BCUT2D eigenvalue weighted by Gasteiger charge is 2.16. The number of benzene rings is 2. The molecule has 0 fully saturated rings. The van der Waals surface area contributed by atoms with Crippen LogP contribution in [0.5, 0.6) is 5.75 Å². The molecular formula is C29H32ClN5O5. The summed E-state index contributed by atoms with van der Waals surface area (Å²) in [5, 5.41) is 12.7. The molecule has 0 atom stereocenters. The van der Waals surface area contributed by atoms with E-state index in [4.69, 9.17) is 21.1 Å². The van der Waals surface area contributed by atoms with Crippen molar-refractivity contribution in [1.82, 2.24) is 15.1 Å². The third kappa shape index (κ3) is 8.74. The summed E-state index contributed by atoms with van der Waals surface area (Å²) in [6.45, 7) is 12.9. The highest BCUT2D eigenvalue weighted by Crippen LogP contribution is 2.24. The number of carbonyl (C=O) groups is 3. The number of halogens is 1. The number of anilines is 2. The Morgan fingerprint density at radius 2 is 1.73 bits per heavy atom. The number of rotatable bonds is 10. The molecule has 3 N–H and O–H groups in total. The van der Waals surface area contributed by atoms with Crippen molar-refractivity contribution in [3.05, 3.63) is 83.9 Å². The molecule has 40 heavy (non-hydrogen) atoms. The van der Waals surface area contributed by atoms with Crippen LogP contribution in [0.3, 0.4) is 0 Å². The quantitative estimate of drug-likeness (QED) is 0.170. The minimum absolute atomic E-state index is 0.0732. The maximum atomic E-state index is 12.9. The van der Waals surface area contributed by atoms with Crippen LogP contribution >= 0.6 is 11.6 Å². The molecule has 3 amide bonds. The Morgan fingerprint density at radius 3 is 2.38 bits per heavy atom. The van der Waals surface area contributed by atoms with Gasteiger partial charge in [0.1, 0.15) is 23.8 Å². The highest BCUT2D eigenvalue weighted by atomic mass is 35.5. The summed E-state index contributed by atoms with van der Waals surface area (Å²) in [4.78, 5) is 36.7. The fraction of sp³-hybridized carbons (Fsp3) is 0.241. The normalized spacial score (nSPS) is 10.8. The standard InChI is InChI=1S/C29H32ClN5O5/c1-18(19(2)30)26(36)32-22-12-10-20(11-13-22)24-17-25(35(6)34-24)33-27(37)21-8-7-9-23(16-21)39-15-14-31-28(38)40-29(3,4)5/h7-13,16-17H,1-2,14-15H2,3-6H3,(H,31,38)(H,32,36)(H,33,37). The monoisotopic (exact) mass is 565 g/mol. The summed E-state index contributed by atoms with van der Waals surface area (Å²) in [7, 11) is 1.72. The van der Waals surface area contributed by atoms with Gasteiger partial charge in [0, 0.05) is 35.0 Å². The van der Waals surface area contributed by atoms with Gasteiger partial charge in [-0.05, 0) is 51.1 Å². The SMILES string of the molecule is C=C(Cl)C(=C)C(=O)Nc1ccc(-c2cc(NC(=O)c3cccc(OCCNC(=O)OC(C)(C)C)c3)n(C)n2)cc1. The van der Waals surface area contributed by atoms with Crippen molar-refractivity contribution in [3.8, 4) is 17.0 Å². The molecule has 0 saturated heterocycles. The first kappa shape index (κ1) is 30.0. The van der Waals surface area contributed by atoms with Gasteiger partial charge in [0.05, 0.1) is 17.8 Å². The van der Waals surface area contributed by atoms with E-state index in [1.165, 1.54) is 0 Å². The lowest BCUT2D eigenvalue weighted by molar-refractivity contribution is -0.112. The average Bonchev–Trinajstić information content (AvgIpc) is 3.25. The Labute approximate surface area is 238 Å². The summed E-state index contributed by atoms with van der Waals surface area (Å²) < 4.78 is 12.4. The molecule has 0 radical (unpaired) electrons. The number of amides is 3. The van der Waals surface area contributed by atoms with Crippen molar-refractivity contribution in [2.24, 2.45) is 7.05 Å². The molecule has 1 aromatic heterocycles. The van der Waals surface area contributed by atoms with E-state index < -0.39 is 17.6 Å². The molecule has 0 spiro atoms. The van der Waals surface area contributed by atoms with Gasteiger partial charge in [0.25, 0.3) is 11.8 Å². The number of carbonyl (C=O) groups excluding carboxylic acids is 3. The number of aryl methyl sites for hydroxylation is 1. The number of alkyl carbamates (subject to hydrolysis) is 1. The number of hydrogen-bond acceptors (Lipinski definition) is 6. The first-order valence-electron chi connectivity index (χ1n) is 12.3. The number of nitrogens with zero attached hydrogens (tertiary/aromatic N) is 2. The maximum Gasteiger partial charge on any atom is 0.407 e. The molecule has 0 aliphatic rings. The van der Waals surface area contributed by atoms with Crippen molar-refractivity contribution in [2.45, 2.75) is 26.4 Å². The molecule has 2 aromatic carbocycles. The van der Waals surface area contributed by atoms with E-state index in [9.17, 15) is 14.4 Å². The zero-order chi connectivity index (χ0) is 29.4. The second-order valence-electron chi connectivity index (χ2n) is 9.71. The van der Waals surface area contributed by atoms with Crippen molar-refractivity contribution in [3.63, 3.8) is 0 Å². The van der Waals surface area contributed by atoms with Gasteiger partial charge in [0.15, 0.2) is 0 Å². The number of nitrogens with one attached hydrogen (secondary N) is 3. The fourth-order valence-corrected chi connectivity index (χ4v) is 3.42. The Morgan fingerprint density at radius 1 is 1.02 bits per heavy atom. The van der Waals surface area contributed by atoms with E-state index in [1.807, 2.05) is 0 Å². The molecule has 210 valence electrons. The predicted octanol–water partition coefficient (Wildman–Crippen LogP) is 5.49. The average molecular weight is 566 g/mol. The molecule has 3 rings (SSSR count). The Kier molecular flexibility index (Phi) is 9.73. The van der Waals surface area contributed by atoms with E-state index in [-0.39, 0.29) is 29.7 Å². The van der Waals surface area contributed by atoms with Gasteiger partial charge >= 0.3 is 6.09 Å². The van der Waals surface area contributed by atoms with Crippen LogP contribution in [0.1, 0.15) is 31.1 Å². The lowest BCUT2D eigenvalue weighted by Crippen LogP contribution is -2.34. The molecule has 0 aliphatic heterocycles. The van der Waals surface area contributed by atoms with Crippen LogP contribution in [0.4, 0.5) is 16.3 Å². The van der Waals surface area contributed by atoms with E-state index in [0.717, 1.165) is 5.56 Å². The zero-order valence-corrected chi connectivity index (χ0v) is 23.6. The number of hydrogen-bond donors (Lipinski definition) is 3. The van der Waals surface area contributed by atoms with E-state index >= 15 is 0 Å². The highest BCUT2D eigenvalue weighted by molar-refractivity contribution is 6.35. The molecule has 11 heteroatoms. The van der Waals surface area contributed by atoms with Gasteiger partial charge in [-0.3, -0.25) is 14.3 Å². The summed E-state index contributed by atoms with van der Waals surface area (Å²) in [6.07, 6.45) is -0.525. The first-order valence-corrected chi connectivity index (χ1v) is 12.7. The van der Waals surface area contributed by atoms with Crippen LogP contribution in [0.15, 0.2) is 78.4 Å². The molecule has 0 unspecified atom stereocenters. The predicted molar refractivity (Wildman–Crippen MR) is 156 cm³/mol. The minimum Gasteiger partial charge on any atom is -0.492 e. The largest absolute Gasteiger partial charge is 0.492 e. The summed E-state index contributed by atoms with van der Waals surface area (Å²) in [6, 6.07) is 15.5. The fourth-order valence-electron chi connectivity index (χ4n) is 3.33. The number of aromatic nitrogens is 2. The van der Waals surface area contributed by atoms with Gasteiger partial charge in [-0.15, -0.1) is 0 Å². The van der Waals surface area contributed by atoms with Crippen molar-refractivity contribution in [1.29, 1.82) is 0 Å². The van der Waals surface area contributed by atoms with E-state index in [1.54, 1.807) is 87.1 Å². The molecule has 0 saturated carbocycles. The lowest BCUT2D eigenvalue weighted by Gasteiger charge is -2.19. The third-order valence-electron chi connectivity index (χ3n) is 5.30. The summed E-state index contributed by atoms with van der Waals surface area (Å²) in [5.74, 6) is 0.186. The molecular weight excluding hydrogens is 534 g/mol. The second kappa shape index (κ2) is 13.0. The zero-order valence-electron chi connectivity index (χ0n) is 22.8. The molecule has 1 heterocycles. The maximum absolute atomic E-state index is 12.9. The van der Waals surface area contributed by atoms with Crippen LogP contribution in [-0.4, -0.2) is 46.4 Å². The van der Waals surface area contributed by atoms with Crippen molar-refractivity contribution < 1.29 is 23.9 Å². The van der Waals surface area contributed by atoms with Crippen molar-refractivity contribution >= 4 is 41.0 Å². The van der Waals surface area contributed by atoms with Crippen LogP contribution in [0.2, 0.25) is 0 Å². The molecule has 0 bridgehead atoms. The topological polar surface area (TPSA) is 124 Å². The minimum atomic E-state index is -0.581. The lowest BCUT2D eigenvalue weighted by atomic mass is 10.1. The third-order valence-corrected chi connectivity index (χ3v) is 5.52. The van der Waals surface area contributed by atoms with Crippen LogP contribution in [0, 0.1) is 0 Å². The van der Waals surface area contributed by atoms with E-state index in [0.29, 0.717) is 28.5 Å². The van der Waals surface area contributed by atoms with Crippen LogP contribution < -0.4 is 20.7 Å². The van der Waals surface area contributed by atoms with Crippen LogP contribution in [0.25, 0.3) is 11.3 Å². The van der Waals surface area contributed by atoms with Gasteiger partial charge in [0.2, 0.25) is 0 Å². The Bertz CT molecular complexity index is 1420. The van der Waals surface area contributed by atoms with Gasteiger partial charge < -0.3 is 25.4 Å². The Balaban J connectivity index is 1.58. The molecule has 10 nitrogen and oxygen atoms in total.